The molecule has 0 radical (unpaired) electrons. The summed E-state index contributed by atoms with van der Waals surface area (Å²) in [7, 11) is -3.25. The first-order valence-electron chi connectivity index (χ1n) is 10.9. The van der Waals surface area contributed by atoms with E-state index in [1.165, 1.54) is 6.42 Å². The van der Waals surface area contributed by atoms with Gasteiger partial charge in [0.25, 0.3) is 5.91 Å². The lowest BCUT2D eigenvalue weighted by Crippen LogP contribution is -2.40. The fourth-order valence-corrected chi connectivity index (χ4v) is 6.21. The number of piperidine rings is 1. The van der Waals surface area contributed by atoms with Gasteiger partial charge >= 0.3 is 0 Å². The molecule has 0 saturated carbocycles. The average molecular weight is 422 g/mol. The monoisotopic (exact) mass is 421 g/mol. The zero-order valence-corrected chi connectivity index (χ0v) is 18.6. The maximum Gasteiger partial charge on any atom is 0.251 e. The number of amides is 1. The molecule has 0 spiro atoms. The van der Waals surface area contributed by atoms with E-state index >= 15 is 0 Å². The van der Waals surface area contributed by atoms with Gasteiger partial charge in [0.05, 0.1) is 5.75 Å². The van der Waals surface area contributed by atoms with E-state index in [0.29, 0.717) is 25.2 Å². The van der Waals surface area contributed by atoms with E-state index in [2.05, 4.69) is 24.1 Å². The molecule has 2 aliphatic rings. The highest BCUT2D eigenvalue weighted by atomic mass is 32.2. The maximum absolute atomic E-state index is 12.4. The fourth-order valence-electron chi connectivity index (χ4n) is 4.60. The van der Waals surface area contributed by atoms with Crippen LogP contribution >= 0.6 is 0 Å². The molecule has 2 saturated heterocycles. The Morgan fingerprint density at radius 2 is 1.69 bits per heavy atom. The van der Waals surface area contributed by atoms with Crippen LogP contribution in [0.2, 0.25) is 0 Å². The first-order chi connectivity index (χ1) is 13.8. The predicted molar refractivity (Wildman–Crippen MR) is 116 cm³/mol. The summed E-state index contributed by atoms with van der Waals surface area (Å²) in [5.74, 6) is 1.41. The molecule has 0 aromatic heterocycles. The van der Waals surface area contributed by atoms with Gasteiger partial charge in [-0.05, 0) is 61.8 Å². The normalized spacial score (nSPS) is 23.9. The predicted octanol–water partition coefficient (Wildman–Crippen LogP) is 2.71. The molecule has 1 aromatic rings. The number of rotatable bonds is 8. The molecule has 0 aliphatic carbocycles. The summed E-state index contributed by atoms with van der Waals surface area (Å²) in [5.41, 5.74) is 1.30. The summed E-state index contributed by atoms with van der Waals surface area (Å²) < 4.78 is 26.4. The third-order valence-electron chi connectivity index (χ3n) is 5.90. The van der Waals surface area contributed by atoms with Crippen LogP contribution in [0, 0.1) is 11.8 Å². The molecule has 6 nitrogen and oxygen atoms in total. The second kappa shape index (κ2) is 10.0. The molecule has 2 atom stereocenters. The lowest BCUT2D eigenvalue weighted by molar-refractivity contribution is 0.0947. The maximum atomic E-state index is 12.4. The number of benzene rings is 1. The topological polar surface area (TPSA) is 69.7 Å². The van der Waals surface area contributed by atoms with E-state index in [9.17, 15) is 13.2 Å². The van der Waals surface area contributed by atoms with Crippen molar-refractivity contribution in [2.45, 2.75) is 45.3 Å². The lowest BCUT2D eigenvalue weighted by Gasteiger charge is -2.34. The molecule has 2 aliphatic heterocycles. The van der Waals surface area contributed by atoms with Gasteiger partial charge < -0.3 is 10.2 Å². The molecular formula is C22H35N3O3S. The first kappa shape index (κ1) is 22.2. The minimum Gasteiger partial charge on any atom is -0.352 e. The third kappa shape index (κ3) is 6.52. The summed E-state index contributed by atoms with van der Waals surface area (Å²) in [6.07, 6.45) is 4.13. The second-order valence-corrected chi connectivity index (χ2v) is 10.8. The van der Waals surface area contributed by atoms with Crippen molar-refractivity contribution in [3.05, 3.63) is 35.4 Å². The molecule has 2 fully saturated rings. The van der Waals surface area contributed by atoms with Crippen molar-refractivity contribution >= 4 is 15.9 Å². The van der Waals surface area contributed by atoms with E-state index in [4.69, 9.17) is 0 Å². The number of sulfonamides is 1. The van der Waals surface area contributed by atoms with Crippen molar-refractivity contribution < 1.29 is 13.2 Å². The van der Waals surface area contributed by atoms with Crippen LogP contribution in [-0.2, 0) is 15.8 Å². The van der Waals surface area contributed by atoms with Crippen molar-refractivity contribution in [2.24, 2.45) is 11.8 Å². The molecule has 0 bridgehead atoms. The van der Waals surface area contributed by atoms with Crippen LogP contribution in [0.5, 0.6) is 0 Å². The Bertz CT molecular complexity index is 763. The van der Waals surface area contributed by atoms with Crippen molar-refractivity contribution in [1.29, 1.82) is 0 Å². The van der Waals surface area contributed by atoms with Crippen LogP contribution in [0.1, 0.15) is 55.5 Å². The zero-order chi connectivity index (χ0) is 20.9. The summed E-state index contributed by atoms with van der Waals surface area (Å²) in [6, 6.07) is 6.94. The van der Waals surface area contributed by atoms with Crippen molar-refractivity contribution in [3.8, 4) is 0 Å². The quantitative estimate of drug-likeness (QED) is 0.655. The third-order valence-corrected chi connectivity index (χ3v) is 7.75. The largest absolute Gasteiger partial charge is 0.352 e. The molecule has 3 rings (SSSR count). The van der Waals surface area contributed by atoms with Crippen molar-refractivity contribution in [1.82, 2.24) is 14.5 Å². The Labute approximate surface area is 175 Å². The highest BCUT2D eigenvalue weighted by Gasteiger charge is 2.25. The summed E-state index contributed by atoms with van der Waals surface area (Å²) in [5, 5.41) is 2.98. The van der Waals surface area contributed by atoms with Crippen LogP contribution in [0.15, 0.2) is 24.3 Å². The Hall–Kier alpha value is -1.44. The second-order valence-electron chi connectivity index (χ2n) is 8.87. The van der Waals surface area contributed by atoms with Crippen LogP contribution in [0.4, 0.5) is 0 Å². The summed E-state index contributed by atoms with van der Waals surface area (Å²) >= 11 is 0. The Morgan fingerprint density at radius 1 is 1.07 bits per heavy atom. The van der Waals surface area contributed by atoms with Gasteiger partial charge in [0, 0.05) is 38.3 Å². The van der Waals surface area contributed by atoms with Gasteiger partial charge in [-0.1, -0.05) is 26.0 Å². The van der Waals surface area contributed by atoms with E-state index in [1.54, 1.807) is 28.6 Å². The number of carbonyl (C=O) groups excluding carboxylic acids is 1. The Kier molecular flexibility index (Phi) is 7.71. The smallest absolute Gasteiger partial charge is 0.251 e. The van der Waals surface area contributed by atoms with E-state index in [-0.39, 0.29) is 11.7 Å². The van der Waals surface area contributed by atoms with E-state index in [1.807, 2.05) is 0 Å². The highest BCUT2D eigenvalue weighted by molar-refractivity contribution is 7.88. The van der Waals surface area contributed by atoms with Gasteiger partial charge in [-0.15, -0.1) is 0 Å². The molecule has 1 aromatic carbocycles. The lowest BCUT2D eigenvalue weighted by atomic mass is 9.92. The van der Waals surface area contributed by atoms with Gasteiger partial charge in [-0.25, -0.2) is 12.7 Å². The molecule has 162 valence electrons. The van der Waals surface area contributed by atoms with Crippen molar-refractivity contribution in [3.63, 3.8) is 0 Å². The number of carbonyl (C=O) groups is 1. The SMILES string of the molecule is CC1CC(C)CN(CCCNC(=O)c2ccc(CS(=O)(=O)N3CCCC3)cc2)C1. The molecule has 29 heavy (non-hydrogen) atoms. The van der Waals surface area contributed by atoms with E-state index in [0.717, 1.165) is 56.3 Å². The van der Waals surface area contributed by atoms with Crippen LogP contribution in [0.3, 0.4) is 0 Å². The van der Waals surface area contributed by atoms with Crippen LogP contribution < -0.4 is 5.32 Å². The molecular weight excluding hydrogens is 386 g/mol. The Morgan fingerprint density at radius 3 is 2.31 bits per heavy atom. The molecule has 7 heteroatoms. The van der Waals surface area contributed by atoms with Gasteiger partial charge in [0.1, 0.15) is 0 Å². The average Bonchev–Trinajstić information content (AvgIpc) is 3.20. The number of hydrogen-bond acceptors (Lipinski definition) is 4. The molecule has 1 N–H and O–H groups in total. The van der Waals surface area contributed by atoms with Gasteiger partial charge in [-0.3, -0.25) is 4.79 Å². The highest BCUT2D eigenvalue weighted by Crippen LogP contribution is 2.21. The van der Waals surface area contributed by atoms with Gasteiger partial charge in [0.2, 0.25) is 10.0 Å². The number of nitrogens with zero attached hydrogens (tertiary/aromatic N) is 2. The molecule has 1 amide bonds. The fraction of sp³-hybridized carbons (Fsp3) is 0.682. The minimum absolute atomic E-state index is 0.00157. The standard InChI is InChI=1S/C22H35N3O3S/c1-18-14-19(2)16-24(15-18)11-5-10-23-22(26)21-8-6-20(7-9-21)17-29(27,28)25-12-3-4-13-25/h6-9,18-19H,3-5,10-17H2,1-2H3,(H,23,26). The number of likely N-dealkylation sites (tertiary alicyclic amines) is 1. The van der Waals surface area contributed by atoms with Crippen LogP contribution in [0.25, 0.3) is 0 Å². The van der Waals surface area contributed by atoms with Crippen molar-refractivity contribution in [2.75, 3.05) is 39.3 Å². The summed E-state index contributed by atoms with van der Waals surface area (Å²) in [4.78, 5) is 14.9. The van der Waals surface area contributed by atoms with Gasteiger partial charge in [0.15, 0.2) is 0 Å². The molecule has 2 heterocycles. The zero-order valence-electron chi connectivity index (χ0n) is 17.8. The summed E-state index contributed by atoms with van der Waals surface area (Å²) in [6.45, 7) is 9.84. The minimum atomic E-state index is -3.25. The number of hydrogen-bond donors (Lipinski definition) is 1. The first-order valence-corrected chi connectivity index (χ1v) is 12.5. The number of nitrogens with one attached hydrogen (secondary N) is 1. The molecule has 2 unspecified atom stereocenters. The Balaban J connectivity index is 1.42. The van der Waals surface area contributed by atoms with E-state index < -0.39 is 10.0 Å². The van der Waals surface area contributed by atoms with Gasteiger partial charge in [-0.2, -0.15) is 0 Å². The van der Waals surface area contributed by atoms with Crippen LogP contribution in [-0.4, -0.2) is 62.8 Å².